The Balaban J connectivity index is 2.19. The van der Waals surface area contributed by atoms with E-state index >= 15 is 0 Å². The molecule has 0 atom stereocenters. The van der Waals surface area contributed by atoms with Gasteiger partial charge in [0.05, 0.1) is 17.7 Å². The maximum atomic E-state index is 10.5. The fraction of sp³-hybridized carbons (Fsp3) is 0.300. The van der Waals surface area contributed by atoms with Crippen LogP contribution in [0.2, 0.25) is 0 Å². The van der Waals surface area contributed by atoms with E-state index in [2.05, 4.69) is 10.1 Å². The largest absolute Gasteiger partial charge is 0.496 e. The molecule has 96 valence electrons. The number of carbonyl (C=O) groups is 1. The second-order valence-corrected chi connectivity index (χ2v) is 5.23. The summed E-state index contributed by atoms with van der Waals surface area (Å²) in [4.78, 5) is 15.7. The van der Waals surface area contributed by atoms with E-state index in [9.17, 15) is 4.79 Å². The van der Waals surface area contributed by atoms with Crippen LogP contribution in [0.3, 0.4) is 0 Å². The summed E-state index contributed by atoms with van der Waals surface area (Å²) in [6, 6.07) is 1.85. The molecular weight excluding hydrogens is 274 g/mol. The van der Waals surface area contributed by atoms with Gasteiger partial charge in [-0.25, -0.2) is 9.67 Å². The monoisotopic (exact) mass is 285 g/mol. The number of rotatable bonds is 5. The van der Waals surface area contributed by atoms with E-state index in [0.29, 0.717) is 11.0 Å². The number of thiophene rings is 1. The lowest BCUT2D eigenvalue weighted by molar-refractivity contribution is -0.133. The molecular formula is C10H11N3O3S2. The second-order valence-electron chi connectivity index (χ2n) is 3.37. The minimum atomic E-state index is -0.873. The predicted molar refractivity (Wildman–Crippen MR) is 69.2 cm³/mol. The molecule has 0 saturated heterocycles. The predicted octanol–water partition coefficient (Wildman–Crippen LogP) is 1.73. The Kier molecular flexibility index (Phi) is 3.87. The third kappa shape index (κ3) is 2.82. The van der Waals surface area contributed by atoms with Crippen molar-refractivity contribution in [3.05, 3.63) is 11.4 Å². The first-order valence-electron chi connectivity index (χ1n) is 4.98. The SMILES string of the molecule is COc1csc(-c2nc(SCC(=O)O)n(C)n2)c1. The lowest BCUT2D eigenvalue weighted by atomic mass is 10.4. The van der Waals surface area contributed by atoms with Crippen molar-refractivity contribution in [3.8, 4) is 16.5 Å². The minimum absolute atomic E-state index is 0.0280. The summed E-state index contributed by atoms with van der Waals surface area (Å²) in [5.74, 6) is 0.447. The highest BCUT2D eigenvalue weighted by Gasteiger charge is 2.13. The minimum Gasteiger partial charge on any atom is -0.496 e. The van der Waals surface area contributed by atoms with Gasteiger partial charge in [0, 0.05) is 18.5 Å². The average molecular weight is 285 g/mol. The fourth-order valence-corrected chi connectivity index (χ4v) is 2.68. The molecule has 6 nitrogen and oxygen atoms in total. The van der Waals surface area contributed by atoms with E-state index < -0.39 is 5.97 Å². The highest BCUT2D eigenvalue weighted by molar-refractivity contribution is 7.99. The molecule has 2 heterocycles. The number of methoxy groups -OCH3 is 1. The van der Waals surface area contributed by atoms with Crippen LogP contribution in [0.25, 0.3) is 10.7 Å². The number of aryl methyl sites for hydroxylation is 1. The molecule has 18 heavy (non-hydrogen) atoms. The van der Waals surface area contributed by atoms with Gasteiger partial charge in [0.25, 0.3) is 0 Å². The molecule has 0 aliphatic rings. The van der Waals surface area contributed by atoms with Crippen LogP contribution in [0.1, 0.15) is 0 Å². The van der Waals surface area contributed by atoms with Crippen LogP contribution in [0, 0.1) is 0 Å². The molecule has 0 aliphatic heterocycles. The van der Waals surface area contributed by atoms with E-state index in [0.717, 1.165) is 22.4 Å². The number of nitrogens with zero attached hydrogens (tertiary/aromatic N) is 3. The maximum absolute atomic E-state index is 10.5. The van der Waals surface area contributed by atoms with Crippen LogP contribution < -0.4 is 4.74 Å². The molecule has 2 aromatic rings. The van der Waals surface area contributed by atoms with Gasteiger partial charge < -0.3 is 9.84 Å². The van der Waals surface area contributed by atoms with Gasteiger partial charge in [-0.3, -0.25) is 4.79 Å². The molecule has 0 radical (unpaired) electrons. The molecule has 2 rings (SSSR count). The summed E-state index contributed by atoms with van der Waals surface area (Å²) < 4.78 is 6.68. The number of carboxylic acid groups (broad SMARTS) is 1. The third-order valence-corrected chi connectivity index (χ3v) is 3.99. The van der Waals surface area contributed by atoms with Crippen molar-refractivity contribution in [1.29, 1.82) is 0 Å². The standard InChI is InChI=1S/C10H11N3O3S2/c1-13-10(18-5-8(14)15)11-9(12-13)7-3-6(16-2)4-17-7/h3-4H,5H2,1-2H3,(H,14,15). The van der Waals surface area contributed by atoms with Crippen LogP contribution in [0.15, 0.2) is 16.6 Å². The topological polar surface area (TPSA) is 77.2 Å². The van der Waals surface area contributed by atoms with Crippen molar-refractivity contribution >= 4 is 29.1 Å². The van der Waals surface area contributed by atoms with E-state index in [-0.39, 0.29) is 5.75 Å². The van der Waals surface area contributed by atoms with Gasteiger partial charge in [0.2, 0.25) is 0 Å². The Morgan fingerprint density at radius 1 is 1.67 bits per heavy atom. The number of thioether (sulfide) groups is 1. The number of ether oxygens (including phenoxy) is 1. The first-order valence-corrected chi connectivity index (χ1v) is 6.85. The molecule has 0 spiro atoms. The van der Waals surface area contributed by atoms with Gasteiger partial charge in [0.1, 0.15) is 5.75 Å². The van der Waals surface area contributed by atoms with Crippen molar-refractivity contribution in [2.45, 2.75) is 5.16 Å². The summed E-state index contributed by atoms with van der Waals surface area (Å²) in [7, 11) is 3.34. The van der Waals surface area contributed by atoms with Crippen LogP contribution >= 0.6 is 23.1 Å². The Labute approximate surface area is 112 Å². The smallest absolute Gasteiger partial charge is 0.313 e. The molecule has 0 aliphatic carbocycles. The van der Waals surface area contributed by atoms with Crippen LogP contribution in [-0.4, -0.2) is 38.7 Å². The summed E-state index contributed by atoms with van der Waals surface area (Å²) in [5, 5.41) is 15.3. The Morgan fingerprint density at radius 3 is 3.06 bits per heavy atom. The number of hydrogen-bond acceptors (Lipinski definition) is 6. The Morgan fingerprint density at radius 2 is 2.44 bits per heavy atom. The normalized spacial score (nSPS) is 10.6. The zero-order valence-corrected chi connectivity index (χ0v) is 11.4. The van der Waals surface area contributed by atoms with Crippen molar-refractivity contribution in [2.24, 2.45) is 7.05 Å². The molecule has 0 unspecified atom stereocenters. The number of aliphatic carboxylic acids is 1. The quantitative estimate of drug-likeness (QED) is 0.843. The Hall–Kier alpha value is -1.54. The molecule has 0 bridgehead atoms. The number of aromatic nitrogens is 3. The highest BCUT2D eigenvalue weighted by atomic mass is 32.2. The van der Waals surface area contributed by atoms with Gasteiger partial charge in [-0.15, -0.1) is 16.4 Å². The van der Waals surface area contributed by atoms with Gasteiger partial charge >= 0.3 is 5.97 Å². The zero-order chi connectivity index (χ0) is 13.1. The van der Waals surface area contributed by atoms with Gasteiger partial charge in [-0.05, 0) is 0 Å². The summed E-state index contributed by atoms with van der Waals surface area (Å²) in [6.07, 6.45) is 0. The highest BCUT2D eigenvalue weighted by Crippen LogP contribution is 2.30. The van der Waals surface area contributed by atoms with Gasteiger partial charge in [0.15, 0.2) is 11.0 Å². The number of hydrogen-bond donors (Lipinski definition) is 1. The van der Waals surface area contributed by atoms with Crippen molar-refractivity contribution in [3.63, 3.8) is 0 Å². The van der Waals surface area contributed by atoms with Gasteiger partial charge in [-0.2, -0.15) is 0 Å². The van der Waals surface area contributed by atoms with Crippen LogP contribution in [-0.2, 0) is 11.8 Å². The molecule has 0 fully saturated rings. The molecule has 2 aromatic heterocycles. The molecule has 0 saturated carbocycles. The van der Waals surface area contributed by atoms with E-state index in [1.165, 1.54) is 11.3 Å². The van der Waals surface area contributed by atoms with Crippen molar-refractivity contribution in [2.75, 3.05) is 12.9 Å². The van der Waals surface area contributed by atoms with E-state index in [4.69, 9.17) is 9.84 Å². The summed E-state index contributed by atoms with van der Waals surface area (Å²) >= 11 is 2.63. The number of carboxylic acids is 1. The zero-order valence-electron chi connectivity index (χ0n) is 9.78. The maximum Gasteiger partial charge on any atom is 0.313 e. The summed E-state index contributed by atoms with van der Waals surface area (Å²) in [5.41, 5.74) is 0. The molecule has 8 heteroatoms. The third-order valence-electron chi connectivity index (χ3n) is 2.08. The fourth-order valence-electron chi connectivity index (χ4n) is 1.27. The first-order chi connectivity index (χ1) is 8.60. The van der Waals surface area contributed by atoms with Crippen molar-refractivity contribution in [1.82, 2.24) is 14.8 Å². The van der Waals surface area contributed by atoms with E-state index in [1.807, 2.05) is 11.4 Å². The van der Waals surface area contributed by atoms with E-state index in [1.54, 1.807) is 18.8 Å². The van der Waals surface area contributed by atoms with Crippen LogP contribution in [0.4, 0.5) is 0 Å². The molecule has 1 N–H and O–H groups in total. The van der Waals surface area contributed by atoms with Crippen molar-refractivity contribution < 1.29 is 14.6 Å². The van der Waals surface area contributed by atoms with Gasteiger partial charge in [-0.1, -0.05) is 11.8 Å². The van der Waals surface area contributed by atoms with Crippen LogP contribution in [0.5, 0.6) is 5.75 Å². The Bertz CT molecular complexity index is 564. The summed E-state index contributed by atoms with van der Waals surface area (Å²) in [6.45, 7) is 0. The lowest BCUT2D eigenvalue weighted by Gasteiger charge is -1.94. The molecule has 0 amide bonds. The second kappa shape index (κ2) is 5.40. The molecule has 0 aromatic carbocycles. The first kappa shape index (κ1) is 12.9. The average Bonchev–Trinajstić information content (AvgIpc) is 2.92. The lowest BCUT2D eigenvalue weighted by Crippen LogP contribution is -2.00.